The van der Waals surface area contributed by atoms with Crippen molar-refractivity contribution in [2.24, 2.45) is 0 Å². The van der Waals surface area contributed by atoms with Gasteiger partial charge < -0.3 is 15.4 Å². The van der Waals surface area contributed by atoms with Gasteiger partial charge in [-0.2, -0.15) is 0 Å². The molecular formula is C16H24N4O2. The second-order valence-corrected chi connectivity index (χ2v) is 5.88. The lowest BCUT2D eigenvalue weighted by Crippen LogP contribution is -2.48. The molecule has 6 nitrogen and oxygen atoms in total. The first kappa shape index (κ1) is 15.1. The fourth-order valence-corrected chi connectivity index (χ4v) is 3.48. The number of hydrogen-bond acceptors (Lipinski definition) is 4. The zero-order valence-corrected chi connectivity index (χ0v) is 13.0. The third kappa shape index (κ3) is 3.32. The van der Waals surface area contributed by atoms with Crippen LogP contribution in [0.4, 0.5) is 10.5 Å². The SMILES string of the molecule is CCOc1ncccc1NC(=O)N[C@@H]1CCN2CCCC[C@H]12. The molecule has 2 N–H and O–H groups in total. The highest BCUT2D eigenvalue weighted by Crippen LogP contribution is 2.27. The summed E-state index contributed by atoms with van der Waals surface area (Å²) >= 11 is 0. The Morgan fingerprint density at radius 3 is 3.18 bits per heavy atom. The van der Waals surface area contributed by atoms with Gasteiger partial charge in [-0.1, -0.05) is 6.42 Å². The summed E-state index contributed by atoms with van der Waals surface area (Å²) in [4.78, 5) is 18.9. The van der Waals surface area contributed by atoms with Crippen LogP contribution in [-0.2, 0) is 0 Å². The summed E-state index contributed by atoms with van der Waals surface area (Å²) in [6.07, 6.45) is 6.41. The molecule has 1 aromatic rings. The summed E-state index contributed by atoms with van der Waals surface area (Å²) in [7, 11) is 0. The number of amides is 2. The van der Waals surface area contributed by atoms with Crippen LogP contribution in [0, 0.1) is 0 Å². The minimum Gasteiger partial charge on any atom is -0.476 e. The van der Waals surface area contributed by atoms with Crippen molar-refractivity contribution in [3.63, 3.8) is 0 Å². The normalized spacial score (nSPS) is 24.6. The first-order chi connectivity index (χ1) is 10.8. The molecule has 3 rings (SSSR count). The highest BCUT2D eigenvalue weighted by Gasteiger charge is 2.36. The molecule has 22 heavy (non-hydrogen) atoms. The molecule has 0 aromatic carbocycles. The molecule has 2 fully saturated rings. The van der Waals surface area contributed by atoms with Gasteiger partial charge in [0.2, 0.25) is 5.88 Å². The second-order valence-electron chi connectivity index (χ2n) is 5.88. The highest BCUT2D eigenvalue weighted by atomic mass is 16.5. The molecular weight excluding hydrogens is 280 g/mol. The summed E-state index contributed by atoms with van der Waals surface area (Å²) in [6.45, 7) is 4.68. The number of aromatic nitrogens is 1. The van der Waals surface area contributed by atoms with E-state index in [1.54, 1.807) is 18.3 Å². The van der Waals surface area contributed by atoms with E-state index in [2.05, 4.69) is 20.5 Å². The van der Waals surface area contributed by atoms with Crippen molar-refractivity contribution in [2.75, 3.05) is 25.0 Å². The van der Waals surface area contributed by atoms with Crippen molar-refractivity contribution in [1.29, 1.82) is 0 Å². The number of urea groups is 1. The van der Waals surface area contributed by atoms with Crippen molar-refractivity contribution in [1.82, 2.24) is 15.2 Å². The summed E-state index contributed by atoms with van der Waals surface area (Å²) in [5.74, 6) is 0.464. The molecule has 0 radical (unpaired) electrons. The van der Waals surface area contributed by atoms with Crippen LogP contribution in [-0.4, -0.2) is 47.7 Å². The van der Waals surface area contributed by atoms with Gasteiger partial charge in [0.15, 0.2) is 0 Å². The molecule has 6 heteroatoms. The number of piperidine rings is 1. The average Bonchev–Trinajstić information content (AvgIpc) is 2.93. The molecule has 0 unspecified atom stereocenters. The Kier molecular flexibility index (Phi) is 4.77. The number of hydrogen-bond donors (Lipinski definition) is 2. The van der Waals surface area contributed by atoms with Gasteiger partial charge in [-0.05, 0) is 44.9 Å². The van der Waals surface area contributed by atoms with E-state index in [1.165, 1.54) is 25.8 Å². The van der Waals surface area contributed by atoms with Gasteiger partial charge in [0.05, 0.1) is 6.61 Å². The molecule has 3 heterocycles. The first-order valence-corrected chi connectivity index (χ1v) is 8.17. The molecule has 0 saturated carbocycles. The summed E-state index contributed by atoms with van der Waals surface area (Å²) < 4.78 is 5.43. The minimum absolute atomic E-state index is 0.175. The lowest BCUT2D eigenvalue weighted by molar-refractivity contribution is 0.180. The Balaban J connectivity index is 1.59. The number of ether oxygens (including phenoxy) is 1. The van der Waals surface area contributed by atoms with Crippen molar-refractivity contribution < 1.29 is 9.53 Å². The molecule has 120 valence electrons. The van der Waals surface area contributed by atoms with Crippen molar-refractivity contribution >= 4 is 11.7 Å². The lowest BCUT2D eigenvalue weighted by atomic mass is 9.99. The number of carbonyl (C=O) groups excluding carboxylic acids is 1. The van der Waals surface area contributed by atoms with Gasteiger partial charge in [0.25, 0.3) is 0 Å². The fourth-order valence-electron chi connectivity index (χ4n) is 3.48. The minimum atomic E-state index is -0.175. The highest BCUT2D eigenvalue weighted by molar-refractivity contribution is 5.90. The Bertz CT molecular complexity index is 523. The van der Waals surface area contributed by atoms with Crippen molar-refractivity contribution in [3.8, 4) is 5.88 Å². The molecule has 2 saturated heterocycles. The topological polar surface area (TPSA) is 66.5 Å². The zero-order chi connectivity index (χ0) is 15.4. The largest absolute Gasteiger partial charge is 0.476 e. The van der Waals surface area contributed by atoms with Gasteiger partial charge in [-0.25, -0.2) is 9.78 Å². The molecule has 0 spiro atoms. The molecule has 0 bridgehead atoms. The van der Waals surface area contributed by atoms with E-state index in [0.29, 0.717) is 24.2 Å². The van der Waals surface area contributed by atoms with Gasteiger partial charge >= 0.3 is 6.03 Å². The molecule has 2 atom stereocenters. The number of fused-ring (bicyclic) bond motifs is 1. The molecule has 2 amide bonds. The van der Waals surface area contributed by atoms with Gasteiger partial charge in [0, 0.05) is 24.8 Å². The number of anilines is 1. The van der Waals surface area contributed by atoms with Crippen LogP contribution >= 0.6 is 0 Å². The van der Waals surface area contributed by atoms with E-state index >= 15 is 0 Å². The van der Waals surface area contributed by atoms with Crippen LogP contribution in [0.1, 0.15) is 32.6 Å². The predicted octanol–water partition coefficient (Wildman–Crippen LogP) is 2.23. The van der Waals surface area contributed by atoms with E-state index < -0.39 is 0 Å². The Morgan fingerprint density at radius 1 is 1.41 bits per heavy atom. The Hall–Kier alpha value is -1.82. The van der Waals surface area contributed by atoms with Gasteiger partial charge in [-0.3, -0.25) is 4.90 Å². The van der Waals surface area contributed by atoms with Crippen molar-refractivity contribution in [3.05, 3.63) is 18.3 Å². The summed E-state index contributed by atoms with van der Waals surface area (Å²) in [5, 5.41) is 5.98. The second kappa shape index (κ2) is 6.96. The first-order valence-electron chi connectivity index (χ1n) is 8.17. The van der Waals surface area contributed by atoms with Gasteiger partial charge in [-0.15, -0.1) is 0 Å². The number of carbonyl (C=O) groups is 1. The summed E-state index contributed by atoms with van der Waals surface area (Å²) in [6, 6.07) is 4.16. The third-order valence-corrected chi connectivity index (χ3v) is 4.47. The smallest absolute Gasteiger partial charge is 0.319 e. The van der Waals surface area contributed by atoms with Crippen LogP contribution in [0.2, 0.25) is 0 Å². The van der Waals surface area contributed by atoms with E-state index in [4.69, 9.17) is 4.74 Å². The standard InChI is InChI=1S/C16H24N4O2/c1-2-22-15-13(6-5-9-17-15)19-16(21)18-12-8-11-20-10-4-3-7-14(12)20/h5-6,9,12,14H,2-4,7-8,10-11H2,1H3,(H2,18,19,21)/t12-,14-/m1/s1. The Morgan fingerprint density at radius 2 is 2.32 bits per heavy atom. The summed E-state index contributed by atoms with van der Waals surface area (Å²) in [5.41, 5.74) is 0.611. The maximum atomic E-state index is 12.3. The number of pyridine rings is 1. The molecule has 2 aliphatic rings. The van der Waals surface area contributed by atoms with Crippen LogP contribution in [0.3, 0.4) is 0 Å². The zero-order valence-electron chi connectivity index (χ0n) is 13.0. The van der Waals surface area contributed by atoms with Crippen LogP contribution < -0.4 is 15.4 Å². The van der Waals surface area contributed by atoms with E-state index in [9.17, 15) is 4.79 Å². The monoisotopic (exact) mass is 304 g/mol. The van der Waals surface area contributed by atoms with E-state index in [0.717, 1.165) is 13.0 Å². The van der Waals surface area contributed by atoms with Crippen LogP contribution in [0.25, 0.3) is 0 Å². The van der Waals surface area contributed by atoms with Crippen LogP contribution in [0.5, 0.6) is 5.88 Å². The quantitative estimate of drug-likeness (QED) is 0.895. The predicted molar refractivity (Wildman–Crippen MR) is 85.2 cm³/mol. The molecule has 0 aliphatic carbocycles. The number of rotatable bonds is 4. The molecule has 1 aromatic heterocycles. The fraction of sp³-hybridized carbons (Fsp3) is 0.625. The van der Waals surface area contributed by atoms with Crippen molar-refractivity contribution in [2.45, 2.75) is 44.7 Å². The van der Waals surface area contributed by atoms with Crippen LogP contribution in [0.15, 0.2) is 18.3 Å². The number of nitrogens with one attached hydrogen (secondary N) is 2. The number of nitrogens with zero attached hydrogens (tertiary/aromatic N) is 2. The average molecular weight is 304 g/mol. The van der Waals surface area contributed by atoms with E-state index in [-0.39, 0.29) is 12.1 Å². The van der Waals surface area contributed by atoms with Gasteiger partial charge in [0.1, 0.15) is 5.69 Å². The maximum absolute atomic E-state index is 12.3. The Labute approximate surface area is 131 Å². The molecule has 2 aliphatic heterocycles. The maximum Gasteiger partial charge on any atom is 0.319 e. The van der Waals surface area contributed by atoms with E-state index in [1.807, 2.05) is 6.92 Å². The lowest BCUT2D eigenvalue weighted by Gasteiger charge is -2.32. The third-order valence-electron chi connectivity index (χ3n) is 4.47.